The Morgan fingerprint density at radius 2 is 2.53 bits per heavy atom. The molecule has 0 aliphatic carbocycles. The van der Waals surface area contributed by atoms with E-state index in [0.29, 0.717) is 6.04 Å². The summed E-state index contributed by atoms with van der Waals surface area (Å²) in [6, 6.07) is 5.11. The van der Waals surface area contributed by atoms with Gasteiger partial charge in [-0.3, -0.25) is 0 Å². The van der Waals surface area contributed by atoms with Crippen molar-refractivity contribution >= 4 is 23.1 Å². The molecule has 0 saturated carbocycles. The smallest absolute Gasteiger partial charge is 0.0338 e. The molecule has 2 N–H and O–H groups in total. The Hall–Kier alpha value is -0.0300. The molecule has 1 aromatic heterocycles. The van der Waals surface area contributed by atoms with Crippen LogP contribution in [0.1, 0.15) is 4.88 Å². The Morgan fingerprint density at radius 3 is 3.20 bits per heavy atom. The first-order chi connectivity index (χ1) is 7.27. The van der Waals surface area contributed by atoms with Crippen molar-refractivity contribution in [3.8, 4) is 0 Å². The zero-order valence-corrected chi connectivity index (χ0v) is 10.7. The van der Waals surface area contributed by atoms with Gasteiger partial charge in [-0.1, -0.05) is 6.07 Å². The van der Waals surface area contributed by atoms with Gasteiger partial charge in [0, 0.05) is 35.0 Å². The molecule has 84 valence electrons. The van der Waals surface area contributed by atoms with Crippen LogP contribution in [0.25, 0.3) is 0 Å². The molecule has 0 spiro atoms. The lowest BCUT2D eigenvalue weighted by molar-refractivity contribution is 0.236. The average molecular weight is 242 g/mol. The Bertz CT molecular complexity index is 287. The Kier molecular flexibility index (Phi) is 4.08. The van der Waals surface area contributed by atoms with Crippen LogP contribution in [0.2, 0.25) is 0 Å². The second kappa shape index (κ2) is 5.34. The zero-order valence-electron chi connectivity index (χ0n) is 9.06. The van der Waals surface area contributed by atoms with Crippen molar-refractivity contribution in [2.45, 2.75) is 18.5 Å². The maximum Gasteiger partial charge on any atom is 0.0338 e. The predicted octanol–water partition coefficient (Wildman–Crippen LogP) is 1.67. The molecule has 1 aliphatic heterocycles. The minimum atomic E-state index is 0.279. The number of rotatable bonds is 3. The number of thiophene rings is 1. The van der Waals surface area contributed by atoms with Crippen LogP contribution in [0.5, 0.6) is 0 Å². The molecule has 1 saturated heterocycles. The van der Waals surface area contributed by atoms with Crippen molar-refractivity contribution in [2.24, 2.45) is 5.73 Å². The molecule has 0 bridgehead atoms. The Morgan fingerprint density at radius 1 is 1.67 bits per heavy atom. The summed E-state index contributed by atoms with van der Waals surface area (Å²) in [5.74, 6) is 2.43. The summed E-state index contributed by atoms with van der Waals surface area (Å²) in [6.07, 6.45) is 1.02. The van der Waals surface area contributed by atoms with E-state index in [1.54, 1.807) is 0 Å². The van der Waals surface area contributed by atoms with E-state index in [0.717, 1.165) is 6.42 Å². The van der Waals surface area contributed by atoms with Gasteiger partial charge in [0.15, 0.2) is 0 Å². The molecular formula is C11H18N2S2. The molecule has 2 unspecified atom stereocenters. The van der Waals surface area contributed by atoms with Gasteiger partial charge < -0.3 is 10.6 Å². The molecule has 1 aliphatic rings. The topological polar surface area (TPSA) is 29.3 Å². The highest BCUT2D eigenvalue weighted by Crippen LogP contribution is 2.20. The minimum absolute atomic E-state index is 0.279. The number of hydrogen-bond donors (Lipinski definition) is 1. The first-order valence-electron chi connectivity index (χ1n) is 5.33. The van der Waals surface area contributed by atoms with E-state index >= 15 is 0 Å². The lowest BCUT2D eigenvalue weighted by Crippen LogP contribution is -2.51. The van der Waals surface area contributed by atoms with Gasteiger partial charge in [0.1, 0.15) is 0 Å². The Labute approximate surface area is 99.8 Å². The number of nitrogens with zero attached hydrogens (tertiary/aromatic N) is 1. The summed E-state index contributed by atoms with van der Waals surface area (Å²) >= 11 is 3.84. The highest BCUT2D eigenvalue weighted by Gasteiger charge is 2.25. The molecule has 1 aromatic rings. The Balaban J connectivity index is 1.91. The summed E-state index contributed by atoms with van der Waals surface area (Å²) in [4.78, 5) is 3.82. The summed E-state index contributed by atoms with van der Waals surface area (Å²) in [6.45, 7) is 1.17. The van der Waals surface area contributed by atoms with Crippen LogP contribution in [0.15, 0.2) is 17.5 Å². The zero-order chi connectivity index (χ0) is 10.7. The predicted molar refractivity (Wildman–Crippen MR) is 69.7 cm³/mol. The van der Waals surface area contributed by atoms with Crippen LogP contribution >= 0.6 is 23.1 Å². The summed E-state index contributed by atoms with van der Waals surface area (Å²) in [5.41, 5.74) is 6.28. The third-order valence-corrected chi connectivity index (χ3v) is 4.90. The summed E-state index contributed by atoms with van der Waals surface area (Å²) in [5, 5.41) is 2.13. The standard InChI is InChI=1S/C11H18N2S2/c1-13-4-6-14-8-11(13)10(12)7-9-3-2-5-15-9/h2-3,5,10-11H,4,6-8,12H2,1H3. The average Bonchev–Trinajstić information content (AvgIpc) is 2.71. The number of thioether (sulfide) groups is 1. The third kappa shape index (κ3) is 2.97. The lowest BCUT2D eigenvalue weighted by atomic mass is 10.1. The molecule has 15 heavy (non-hydrogen) atoms. The van der Waals surface area contributed by atoms with Crippen LogP contribution < -0.4 is 5.73 Å². The second-order valence-corrected chi connectivity index (χ2v) is 6.25. The molecule has 2 heterocycles. The van der Waals surface area contributed by atoms with Crippen LogP contribution in [-0.2, 0) is 6.42 Å². The van der Waals surface area contributed by atoms with Crippen molar-refractivity contribution < 1.29 is 0 Å². The van der Waals surface area contributed by atoms with E-state index < -0.39 is 0 Å². The number of nitrogens with two attached hydrogens (primary N) is 1. The van der Waals surface area contributed by atoms with Crippen molar-refractivity contribution in [1.29, 1.82) is 0 Å². The van der Waals surface area contributed by atoms with E-state index in [1.165, 1.54) is 22.9 Å². The first kappa shape index (κ1) is 11.5. The van der Waals surface area contributed by atoms with Crippen molar-refractivity contribution in [2.75, 3.05) is 25.1 Å². The van der Waals surface area contributed by atoms with Crippen LogP contribution in [0.3, 0.4) is 0 Å². The molecule has 2 nitrogen and oxygen atoms in total. The molecule has 0 radical (unpaired) electrons. The van der Waals surface area contributed by atoms with Crippen LogP contribution in [0.4, 0.5) is 0 Å². The normalized spacial score (nSPS) is 25.3. The SMILES string of the molecule is CN1CCSCC1C(N)Cc1cccs1. The number of likely N-dealkylation sites (N-methyl/N-ethyl adjacent to an activating group) is 1. The van der Waals surface area contributed by atoms with Crippen molar-refractivity contribution in [3.63, 3.8) is 0 Å². The van der Waals surface area contributed by atoms with Gasteiger partial charge in [-0.2, -0.15) is 11.8 Å². The van der Waals surface area contributed by atoms with Crippen LogP contribution in [-0.4, -0.2) is 42.1 Å². The summed E-state index contributed by atoms with van der Waals surface area (Å²) in [7, 11) is 2.19. The summed E-state index contributed by atoms with van der Waals surface area (Å²) < 4.78 is 0. The maximum atomic E-state index is 6.28. The second-order valence-electron chi connectivity index (χ2n) is 4.07. The fourth-order valence-corrected chi connectivity index (χ4v) is 4.06. The lowest BCUT2D eigenvalue weighted by Gasteiger charge is -2.35. The van der Waals surface area contributed by atoms with E-state index in [2.05, 4.69) is 29.5 Å². The van der Waals surface area contributed by atoms with Crippen molar-refractivity contribution in [1.82, 2.24) is 4.90 Å². The molecule has 2 atom stereocenters. The van der Waals surface area contributed by atoms with Crippen molar-refractivity contribution in [3.05, 3.63) is 22.4 Å². The molecule has 0 aromatic carbocycles. The van der Waals surface area contributed by atoms with Gasteiger partial charge in [0.2, 0.25) is 0 Å². The fraction of sp³-hybridized carbons (Fsp3) is 0.636. The molecule has 1 fully saturated rings. The van der Waals surface area contributed by atoms with Gasteiger partial charge in [-0.05, 0) is 24.9 Å². The molecular weight excluding hydrogens is 224 g/mol. The van der Waals surface area contributed by atoms with Gasteiger partial charge in [0.25, 0.3) is 0 Å². The number of hydrogen-bond acceptors (Lipinski definition) is 4. The minimum Gasteiger partial charge on any atom is -0.326 e. The fourth-order valence-electron chi connectivity index (χ4n) is 1.95. The van der Waals surface area contributed by atoms with Gasteiger partial charge in [0.05, 0.1) is 0 Å². The monoisotopic (exact) mass is 242 g/mol. The molecule has 0 amide bonds. The quantitative estimate of drug-likeness (QED) is 0.874. The van der Waals surface area contributed by atoms with E-state index in [-0.39, 0.29) is 6.04 Å². The van der Waals surface area contributed by atoms with Crippen LogP contribution in [0, 0.1) is 0 Å². The van der Waals surface area contributed by atoms with Gasteiger partial charge in [-0.25, -0.2) is 0 Å². The van der Waals surface area contributed by atoms with Gasteiger partial charge >= 0.3 is 0 Å². The van der Waals surface area contributed by atoms with E-state index in [4.69, 9.17) is 5.73 Å². The molecule has 4 heteroatoms. The first-order valence-corrected chi connectivity index (χ1v) is 7.37. The highest BCUT2D eigenvalue weighted by atomic mass is 32.2. The highest BCUT2D eigenvalue weighted by molar-refractivity contribution is 7.99. The van der Waals surface area contributed by atoms with E-state index in [1.807, 2.05) is 23.1 Å². The maximum absolute atomic E-state index is 6.28. The molecule has 2 rings (SSSR count). The van der Waals surface area contributed by atoms with Gasteiger partial charge in [-0.15, -0.1) is 11.3 Å². The van der Waals surface area contributed by atoms with E-state index in [9.17, 15) is 0 Å². The largest absolute Gasteiger partial charge is 0.326 e. The third-order valence-electron chi connectivity index (χ3n) is 2.95.